The molecule has 0 spiro atoms. The number of nitrogens with two attached hydrogens (primary N) is 1. The normalized spacial score (nSPS) is 10.7. The zero-order valence-electron chi connectivity index (χ0n) is 17.9. The van der Waals surface area contributed by atoms with Crippen molar-refractivity contribution < 1.29 is 14.5 Å². The van der Waals surface area contributed by atoms with Crippen LogP contribution in [0.25, 0.3) is 0 Å². The molecular formula is C22H23N5O6. The van der Waals surface area contributed by atoms with Gasteiger partial charge in [0.25, 0.3) is 11.2 Å². The number of methoxy groups -OCH3 is 1. The van der Waals surface area contributed by atoms with E-state index in [1.165, 1.54) is 25.3 Å². The molecule has 11 heteroatoms. The summed E-state index contributed by atoms with van der Waals surface area (Å²) in [5, 5.41) is 11.4. The minimum atomic E-state index is -0.835. The van der Waals surface area contributed by atoms with Crippen molar-refractivity contribution in [3.63, 3.8) is 0 Å². The van der Waals surface area contributed by atoms with Crippen LogP contribution in [-0.2, 0) is 29.0 Å². The van der Waals surface area contributed by atoms with Gasteiger partial charge in [0, 0.05) is 18.7 Å². The van der Waals surface area contributed by atoms with Gasteiger partial charge >= 0.3 is 5.69 Å². The number of amides is 1. The molecule has 0 fully saturated rings. The number of nitrogen functional groups attached to an aromatic ring is 1. The highest BCUT2D eigenvalue weighted by atomic mass is 16.6. The number of anilines is 2. The van der Waals surface area contributed by atoms with E-state index in [1.807, 2.05) is 0 Å². The second-order valence-corrected chi connectivity index (χ2v) is 7.17. The number of nitrogens with zero attached hydrogens (tertiary/aromatic N) is 3. The molecule has 0 atom stereocenters. The number of hydrogen-bond acceptors (Lipinski definition) is 7. The van der Waals surface area contributed by atoms with Crippen LogP contribution in [0.4, 0.5) is 17.2 Å². The third-order valence-electron chi connectivity index (χ3n) is 5.02. The standard InChI is InChI=1S/C22H23N5O6/c1-33-12-11-25-20(23)19(21(29)24-22(25)30)26(14-15-7-3-2-4-8-15)18(28)13-16-9-5-6-10-17(16)27(31)32/h2-10H,11-14,23H2,1H3,(H,24,29,30). The van der Waals surface area contributed by atoms with Crippen LogP contribution in [0.3, 0.4) is 0 Å². The van der Waals surface area contributed by atoms with Crippen LogP contribution >= 0.6 is 0 Å². The first kappa shape index (κ1) is 23.4. The number of rotatable bonds is 9. The number of aromatic nitrogens is 2. The van der Waals surface area contributed by atoms with Gasteiger partial charge in [-0.3, -0.25) is 34.2 Å². The van der Waals surface area contributed by atoms with Gasteiger partial charge in [-0.1, -0.05) is 48.5 Å². The fourth-order valence-electron chi connectivity index (χ4n) is 3.40. The first-order valence-electron chi connectivity index (χ1n) is 10.0. The third kappa shape index (κ3) is 5.33. The van der Waals surface area contributed by atoms with E-state index in [0.717, 1.165) is 9.47 Å². The molecule has 0 bridgehead atoms. The van der Waals surface area contributed by atoms with Crippen LogP contribution in [0.1, 0.15) is 11.1 Å². The van der Waals surface area contributed by atoms with E-state index in [4.69, 9.17) is 10.5 Å². The Bertz CT molecular complexity index is 1270. The molecule has 11 nitrogen and oxygen atoms in total. The summed E-state index contributed by atoms with van der Waals surface area (Å²) >= 11 is 0. The molecule has 0 aliphatic carbocycles. The number of carbonyl (C=O) groups is 1. The highest BCUT2D eigenvalue weighted by Gasteiger charge is 2.26. The number of benzene rings is 2. The predicted octanol–water partition coefficient (Wildman–Crippen LogP) is 1.45. The number of carbonyl (C=O) groups excluding carboxylic acids is 1. The lowest BCUT2D eigenvalue weighted by Gasteiger charge is -2.25. The molecule has 33 heavy (non-hydrogen) atoms. The summed E-state index contributed by atoms with van der Waals surface area (Å²) < 4.78 is 6.10. The van der Waals surface area contributed by atoms with Crippen molar-refractivity contribution in [2.45, 2.75) is 19.5 Å². The van der Waals surface area contributed by atoms with Gasteiger partial charge in [-0.2, -0.15) is 0 Å². The molecule has 1 amide bonds. The Labute approximate surface area is 188 Å². The maximum Gasteiger partial charge on any atom is 0.330 e. The number of nitrogens with one attached hydrogen (secondary N) is 1. The van der Waals surface area contributed by atoms with Crippen LogP contribution in [-0.4, -0.2) is 34.1 Å². The first-order chi connectivity index (χ1) is 15.8. The number of para-hydroxylation sites is 1. The van der Waals surface area contributed by atoms with Crippen molar-refractivity contribution in [2.75, 3.05) is 24.4 Å². The molecule has 0 saturated heterocycles. The maximum atomic E-state index is 13.4. The Balaban J connectivity index is 2.10. The molecule has 1 aromatic heterocycles. The number of nitro benzene ring substituents is 1. The van der Waals surface area contributed by atoms with Gasteiger partial charge in [-0.05, 0) is 5.56 Å². The van der Waals surface area contributed by atoms with Crippen LogP contribution < -0.4 is 21.9 Å². The summed E-state index contributed by atoms with van der Waals surface area (Å²) in [6, 6.07) is 14.7. The molecule has 0 aliphatic heterocycles. The smallest absolute Gasteiger partial charge is 0.330 e. The Hall–Kier alpha value is -4.25. The third-order valence-corrected chi connectivity index (χ3v) is 5.02. The monoisotopic (exact) mass is 453 g/mol. The van der Waals surface area contributed by atoms with Gasteiger partial charge in [-0.25, -0.2) is 4.79 Å². The van der Waals surface area contributed by atoms with Crippen molar-refractivity contribution in [1.29, 1.82) is 0 Å². The summed E-state index contributed by atoms with van der Waals surface area (Å²) in [6.07, 6.45) is -0.347. The fraction of sp³-hybridized carbons (Fsp3) is 0.227. The highest BCUT2D eigenvalue weighted by Crippen LogP contribution is 2.23. The van der Waals surface area contributed by atoms with E-state index in [-0.39, 0.29) is 48.9 Å². The van der Waals surface area contributed by atoms with Gasteiger partial charge in [0.1, 0.15) is 5.82 Å². The number of aromatic amines is 1. The second-order valence-electron chi connectivity index (χ2n) is 7.17. The Morgan fingerprint density at radius 1 is 1.15 bits per heavy atom. The Morgan fingerprint density at radius 3 is 2.48 bits per heavy atom. The molecule has 3 N–H and O–H groups in total. The van der Waals surface area contributed by atoms with Crippen molar-refractivity contribution in [2.24, 2.45) is 0 Å². The van der Waals surface area contributed by atoms with Gasteiger partial charge in [0.05, 0.1) is 31.0 Å². The van der Waals surface area contributed by atoms with E-state index in [0.29, 0.717) is 5.56 Å². The van der Waals surface area contributed by atoms with Crippen LogP contribution in [0.15, 0.2) is 64.2 Å². The Kier molecular flexibility index (Phi) is 7.36. The molecule has 3 aromatic rings. The lowest BCUT2D eigenvalue weighted by Crippen LogP contribution is -2.41. The van der Waals surface area contributed by atoms with Crippen LogP contribution in [0.5, 0.6) is 0 Å². The summed E-state index contributed by atoms with van der Waals surface area (Å²) in [6.45, 7) is 0.178. The lowest BCUT2D eigenvalue weighted by molar-refractivity contribution is -0.385. The Morgan fingerprint density at radius 2 is 1.82 bits per heavy atom. The van der Waals surface area contributed by atoms with Crippen LogP contribution in [0.2, 0.25) is 0 Å². The van der Waals surface area contributed by atoms with E-state index >= 15 is 0 Å². The van der Waals surface area contributed by atoms with Gasteiger partial charge < -0.3 is 10.5 Å². The van der Waals surface area contributed by atoms with Crippen molar-refractivity contribution in [3.8, 4) is 0 Å². The molecule has 1 heterocycles. The van der Waals surface area contributed by atoms with E-state index in [9.17, 15) is 24.5 Å². The quantitative estimate of drug-likeness (QED) is 0.367. The predicted molar refractivity (Wildman–Crippen MR) is 122 cm³/mol. The molecule has 2 aromatic carbocycles. The van der Waals surface area contributed by atoms with Crippen molar-refractivity contribution >= 4 is 23.1 Å². The summed E-state index contributed by atoms with van der Waals surface area (Å²) in [4.78, 5) is 52.6. The summed E-state index contributed by atoms with van der Waals surface area (Å²) in [7, 11) is 1.45. The SMILES string of the molecule is COCCn1c(N)c(N(Cc2ccccc2)C(=O)Cc2ccccc2[N+](=O)[O-])c(=O)[nH]c1=O. The minimum absolute atomic E-state index is 0.0317. The zero-order chi connectivity index (χ0) is 24.0. The van der Waals surface area contributed by atoms with Crippen molar-refractivity contribution in [3.05, 3.63) is 96.7 Å². The van der Waals surface area contributed by atoms with Gasteiger partial charge in [-0.15, -0.1) is 0 Å². The number of ether oxygens (including phenoxy) is 1. The molecule has 0 unspecified atom stereocenters. The average molecular weight is 453 g/mol. The molecule has 172 valence electrons. The lowest BCUT2D eigenvalue weighted by atomic mass is 10.1. The zero-order valence-corrected chi connectivity index (χ0v) is 17.9. The number of nitro groups is 1. The minimum Gasteiger partial charge on any atom is -0.383 e. The molecule has 3 rings (SSSR count). The van der Waals surface area contributed by atoms with E-state index in [1.54, 1.807) is 36.4 Å². The van der Waals surface area contributed by atoms with Crippen LogP contribution in [0, 0.1) is 10.1 Å². The molecule has 0 aliphatic rings. The molecular weight excluding hydrogens is 430 g/mol. The van der Waals surface area contributed by atoms with E-state index < -0.39 is 22.1 Å². The average Bonchev–Trinajstić information content (AvgIpc) is 2.79. The fourth-order valence-corrected chi connectivity index (χ4v) is 3.40. The summed E-state index contributed by atoms with van der Waals surface area (Å²) in [5.41, 5.74) is 5.07. The maximum absolute atomic E-state index is 13.4. The van der Waals surface area contributed by atoms with E-state index in [2.05, 4.69) is 4.98 Å². The van der Waals surface area contributed by atoms with Crippen molar-refractivity contribution in [1.82, 2.24) is 9.55 Å². The second kappa shape index (κ2) is 10.4. The van der Waals surface area contributed by atoms with Gasteiger partial charge in [0.15, 0.2) is 5.69 Å². The summed E-state index contributed by atoms with van der Waals surface area (Å²) in [5.74, 6) is -0.796. The highest BCUT2D eigenvalue weighted by molar-refractivity contribution is 5.97. The molecule has 0 radical (unpaired) electrons. The van der Waals surface area contributed by atoms with Gasteiger partial charge in [0.2, 0.25) is 5.91 Å². The topological polar surface area (TPSA) is 154 Å². The number of hydrogen-bond donors (Lipinski definition) is 2. The number of H-pyrrole nitrogens is 1. The largest absolute Gasteiger partial charge is 0.383 e. The molecule has 0 saturated carbocycles. The first-order valence-corrected chi connectivity index (χ1v) is 10.0.